The summed E-state index contributed by atoms with van der Waals surface area (Å²) in [5.41, 5.74) is 0.732. The van der Waals surface area contributed by atoms with Crippen molar-refractivity contribution in [3.63, 3.8) is 0 Å². The molecule has 0 radical (unpaired) electrons. The van der Waals surface area contributed by atoms with Crippen LogP contribution in [-0.2, 0) is 0 Å². The van der Waals surface area contributed by atoms with Gasteiger partial charge in [0.25, 0.3) is 0 Å². The Hall–Kier alpha value is -0.160. The van der Waals surface area contributed by atoms with Gasteiger partial charge in [-0.1, -0.05) is 48.5 Å². The Kier molecular flexibility index (Phi) is 9.21. The molecule has 0 saturated carbocycles. The van der Waals surface area contributed by atoms with Gasteiger partial charge in [0.2, 0.25) is 0 Å². The Labute approximate surface area is 151 Å². The molecule has 0 bridgehead atoms. The zero-order valence-electron chi connectivity index (χ0n) is 17.6. The third-order valence-electron chi connectivity index (χ3n) is 4.52. The Morgan fingerprint density at radius 3 is 1.42 bits per heavy atom. The molecule has 0 spiro atoms. The third-order valence-corrected chi connectivity index (χ3v) is 4.52. The molecule has 4 nitrogen and oxygen atoms in total. The van der Waals surface area contributed by atoms with Crippen molar-refractivity contribution in [2.45, 2.75) is 48.5 Å². The van der Waals surface area contributed by atoms with E-state index in [0.29, 0.717) is 10.8 Å². The van der Waals surface area contributed by atoms with Gasteiger partial charge in [-0.25, -0.2) is 0 Å². The number of hydrogen-bond acceptors (Lipinski definition) is 4. The molecule has 0 amide bonds. The normalized spacial score (nSPS) is 22.1. The summed E-state index contributed by atoms with van der Waals surface area (Å²) in [5, 5.41) is 3.64. The highest BCUT2D eigenvalue weighted by Gasteiger charge is 2.20. The van der Waals surface area contributed by atoms with E-state index in [9.17, 15) is 0 Å². The Morgan fingerprint density at radius 1 is 0.625 bits per heavy atom. The van der Waals surface area contributed by atoms with E-state index >= 15 is 0 Å². The van der Waals surface area contributed by atoms with E-state index in [4.69, 9.17) is 0 Å². The van der Waals surface area contributed by atoms with Gasteiger partial charge in [0.15, 0.2) is 0 Å². The lowest BCUT2D eigenvalue weighted by atomic mass is 9.95. The van der Waals surface area contributed by atoms with E-state index in [1.807, 2.05) is 0 Å². The molecule has 144 valence electrons. The first-order valence-electron chi connectivity index (χ1n) is 9.97. The van der Waals surface area contributed by atoms with Gasteiger partial charge in [-0.15, -0.1) is 0 Å². The largest absolute Gasteiger partial charge is 0.314 e. The molecule has 24 heavy (non-hydrogen) atoms. The highest BCUT2D eigenvalue weighted by Crippen LogP contribution is 2.17. The molecule has 1 aliphatic rings. The molecule has 1 heterocycles. The summed E-state index contributed by atoms with van der Waals surface area (Å²) in [5.74, 6) is 0. The van der Waals surface area contributed by atoms with Gasteiger partial charge in [0.1, 0.15) is 0 Å². The zero-order chi connectivity index (χ0) is 18.2. The number of nitrogens with zero attached hydrogens (tertiary/aromatic N) is 3. The lowest BCUT2D eigenvalue weighted by Crippen LogP contribution is -2.47. The Balaban J connectivity index is 2.70. The average molecular weight is 341 g/mol. The molecule has 0 atom stereocenters. The van der Waals surface area contributed by atoms with Crippen LogP contribution in [-0.4, -0.2) is 86.7 Å². The summed E-state index contributed by atoms with van der Waals surface area (Å²) in [6.07, 6.45) is 0. The third kappa shape index (κ3) is 10.7. The van der Waals surface area contributed by atoms with Crippen LogP contribution < -0.4 is 5.32 Å². The molecule has 1 aliphatic heterocycles. The monoisotopic (exact) mass is 340 g/mol. The maximum absolute atomic E-state index is 3.64. The van der Waals surface area contributed by atoms with Crippen molar-refractivity contribution < 1.29 is 0 Å². The van der Waals surface area contributed by atoms with E-state index in [-0.39, 0.29) is 0 Å². The second kappa shape index (κ2) is 10.1. The average Bonchev–Trinajstić information content (AvgIpc) is 2.42. The highest BCUT2D eigenvalue weighted by molar-refractivity contribution is 4.76. The second-order valence-electron chi connectivity index (χ2n) is 9.86. The minimum Gasteiger partial charge on any atom is -0.314 e. The molecule has 0 aromatic carbocycles. The summed E-state index contributed by atoms with van der Waals surface area (Å²) < 4.78 is 0. The van der Waals surface area contributed by atoms with Gasteiger partial charge in [-0.05, 0) is 17.4 Å². The van der Waals surface area contributed by atoms with Crippen LogP contribution in [0.5, 0.6) is 0 Å². The van der Waals surface area contributed by atoms with Crippen molar-refractivity contribution in [3.05, 3.63) is 0 Å². The zero-order valence-corrected chi connectivity index (χ0v) is 17.6. The van der Waals surface area contributed by atoms with Crippen LogP contribution in [0.3, 0.4) is 0 Å². The van der Waals surface area contributed by atoms with Crippen LogP contribution in [0.1, 0.15) is 48.5 Å². The van der Waals surface area contributed by atoms with Crippen LogP contribution in [0.2, 0.25) is 0 Å². The van der Waals surface area contributed by atoms with E-state index in [2.05, 4.69) is 68.5 Å². The van der Waals surface area contributed by atoms with Gasteiger partial charge in [0.05, 0.1) is 0 Å². The summed E-state index contributed by atoms with van der Waals surface area (Å²) >= 11 is 0. The van der Waals surface area contributed by atoms with Gasteiger partial charge in [-0.3, -0.25) is 0 Å². The number of likely N-dealkylation sites (N-methyl/N-ethyl adjacent to an activating group) is 1. The first-order chi connectivity index (χ1) is 11.1. The Bertz CT molecular complexity index is 330. The lowest BCUT2D eigenvalue weighted by Gasteiger charge is -2.36. The topological polar surface area (TPSA) is 21.8 Å². The van der Waals surface area contributed by atoms with Crippen molar-refractivity contribution >= 4 is 0 Å². The fourth-order valence-corrected chi connectivity index (χ4v) is 3.47. The van der Waals surface area contributed by atoms with Crippen molar-refractivity contribution in [2.24, 2.45) is 10.8 Å². The summed E-state index contributed by atoms with van der Waals surface area (Å²) in [6, 6.07) is 0. The lowest BCUT2D eigenvalue weighted by molar-refractivity contribution is 0.122. The fraction of sp³-hybridized carbons (Fsp3) is 1.00. The number of rotatable bonds is 3. The smallest absolute Gasteiger partial charge is 0.0110 e. The minimum atomic E-state index is 0.366. The van der Waals surface area contributed by atoms with Crippen LogP contribution in [0.25, 0.3) is 0 Å². The maximum atomic E-state index is 3.64. The molecule has 1 saturated heterocycles. The van der Waals surface area contributed by atoms with E-state index in [1.54, 1.807) is 0 Å². The summed E-state index contributed by atoms with van der Waals surface area (Å²) in [6.45, 7) is 29.2. The van der Waals surface area contributed by atoms with Crippen molar-refractivity contribution in [2.75, 3.05) is 72.0 Å². The number of hydrogen-bond donors (Lipinski definition) is 1. The predicted molar refractivity (Wildman–Crippen MR) is 107 cm³/mol. The van der Waals surface area contributed by atoms with Crippen LogP contribution >= 0.6 is 0 Å². The van der Waals surface area contributed by atoms with Crippen LogP contribution in [0.4, 0.5) is 0 Å². The summed E-state index contributed by atoms with van der Waals surface area (Å²) in [7, 11) is 0. The first kappa shape index (κ1) is 21.9. The minimum absolute atomic E-state index is 0.366. The molecule has 0 aromatic heterocycles. The molecule has 0 aromatic rings. The van der Waals surface area contributed by atoms with Crippen LogP contribution in [0.15, 0.2) is 0 Å². The van der Waals surface area contributed by atoms with Crippen molar-refractivity contribution in [3.8, 4) is 0 Å². The van der Waals surface area contributed by atoms with Gasteiger partial charge in [-0.2, -0.15) is 0 Å². The number of nitrogens with one attached hydrogen (secondary N) is 1. The quantitative estimate of drug-likeness (QED) is 0.852. The maximum Gasteiger partial charge on any atom is 0.0110 e. The SMILES string of the molecule is CCN1CCNCCN(CC(C)(C)C)CCN(CC(C)(C)C)CC1. The van der Waals surface area contributed by atoms with E-state index in [0.717, 1.165) is 26.2 Å². The molecule has 0 unspecified atom stereocenters. The standard InChI is InChI=1S/C20H44N4/c1-8-22-11-9-21-10-12-23(17-19(2,3)4)15-16-24(14-13-22)18-20(5,6)7/h21H,8-18H2,1-7H3. The van der Waals surface area contributed by atoms with Crippen molar-refractivity contribution in [1.29, 1.82) is 0 Å². The Morgan fingerprint density at radius 2 is 1.00 bits per heavy atom. The molecular weight excluding hydrogens is 296 g/mol. The predicted octanol–water partition coefficient (Wildman–Crippen LogP) is 2.61. The molecule has 1 N–H and O–H groups in total. The molecular formula is C20H44N4. The van der Waals surface area contributed by atoms with E-state index < -0.39 is 0 Å². The van der Waals surface area contributed by atoms with Crippen molar-refractivity contribution in [1.82, 2.24) is 20.0 Å². The fourth-order valence-electron chi connectivity index (χ4n) is 3.47. The molecule has 1 rings (SSSR count). The van der Waals surface area contributed by atoms with Gasteiger partial charge >= 0.3 is 0 Å². The molecule has 0 aliphatic carbocycles. The molecule has 1 fully saturated rings. The van der Waals surface area contributed by atoms with E-state index in [1.165, 1.54) is 45.8 Å². The first-order valence-corrected chi connectivity index (χ1v) is 9.97. The van der Waals surface area contributed by atoms with Gasteiger partial charge in [0, 0.05) is 65.4 Å². The van der Waals surface area contributed by atoms with Gasteiger partial charge < -0.3 is 20.0 Å². The van der Waals surface area contributed by atoms with Crippen LogP contribution in [0, 0.1) is 10.8 Å². The highest BCUT2D eigenvalue weighted by atomic mass is 15.2. The second-order valence-corrected chi connectivity index (χ2v) is 9.86. The summed E-state index contributed by atoms with van der Waals surface area (Å²) in [4.78, 5) is 7.92. The molecule has 4 heteroatoms.